The number of para-hydroxylation sites is 1. The van der Waals surface area contributed by atoms with Crippen LogP contribution in [0.5, 0.6) is 5.75 Å². The number of carbonyl (C=O) groups is 1. The quantitative estimate of drug-likeness (QED) is 0.906. The Bertz CT molecular complexity index is 476. The van der Waals surface area contributed by atoms with Gasteiger partial charge in [-0.05, 0) is 24.8 Å². The number of nitrogens with two attached hydrogens (primary N) is 1. The molecule has 1 fully saturated rings. The topological polar surface area (TPSA) is 55.6 Å². The first-order valence-corrected chi connectivity index (χ1v) is 7.73. The Morgan fingerprint density at radius 2 is 2.05 bits per heavy atom. The van der Waals surface area contributed by atoms with Gasteiger partial charge in [0.2, 0.25) is 5.91 Å². The lowest BCUT2D eigenvalue weighted by Gasteiger charge is -2.29. The number of hydrogen-bond donors (Lipinski definition) is 1. The van der Waals surface area contributed by atoms with Crippen LogP contribution in [0.2, 0.25) is 0 Å². The van der Waals surface area contributed by atoms with E-state index in [-0.39, 0.29) is 11.9 Å². The van der Waals surface area contributed by atoms with Gasteiger partial charge in [-0.2, -0.15) is 0 Å². The second kappa shape index (κ2) is 7.46. The fraction of sp³-hybridized carbons (Fsp3) is 0.588. The Morgan fingerprint density at radius 3 is 2.76 bits per heavy atom. The van der Waals surface area contributed by atoms with E-state index in [4.69, 9.17) is 10.5 Å². The van der Waals surface area contributed by atoms with Gasteiger partial charge in [0.1, 0.15) is 5.75 Å². The summed E-state index contributed by atoms with van der Waals surface area (Å²) in [5.41, 5.74) is 7.17. The first-order chi connectivity index (χ1) is 10.1. The van der Waals surface area contributed by atoms with E-state index in [1.807, 2.05) is 31.3 Å². The summed E-state index contributed by atoms with van der Waals surface area (Å²) in [7, 11) is 3.50. The van der Waals surface area contributed by atoms with Crippen molar-refractivity contribution >= 4 is 5.91 Å². The largest absolute Gasteiger partial charge is 0.496 e. The maximum absolute atomic E-state index is 12.4. The first kappa shape index (κ1) is 15.8. The lowest BCUT2D eigenvalue weighted by atomic mass is 9.83. The predicted molar refractivity (Wildman–Crippen MR) is 84.0 cm³/mol. The van der Waals surface area contributed by atoms with Crippen LogP contribution in [-0.4, -0.2) is 31.0 Å². The molecule has 4 heteroatoms. The molecule has 116 valence electrons. The van der Waals surface area contributed by atoms with Gasteiger partial charge in [-0.25, -0.2) is 0 Å². The molecule has 0 aliphatic heterocycles. The average molecular weight is 290 g/mol. The van der Waals surface area contributed by atoms with Crippen LogP contribution >= 0.6 is 0 Å². The van der Waals surface area contributed by atoms with E-state index < -0.39 is 0 Å². The Labute approximate surface area is 127 Å². The highest BCUT2D eigenvalue weighted by Gasteiger charge is 2.25. The molecule has 0 radical (unpaired) electrons. The van der Waals surface area contributed by atoms with Crippen LogP contribution in [0, 0.1) is 5.92 Å². The number of carbonyl (C=O) groups excluding carboxylic acids is 1. The minimum Gasteiger partial charge on any atom is -0.496 e. The summed E-state index contributed by atoms with van der Waals surface area (Å²) in [6, 6.07) is 8.00. The van der Waals surface area contributed by atoms with E-state index in [0.717, 1.165) is 24.2 Å². The number of methoxy groups -OCH3 is 1. The summed E-state index contributed by atoms with van der Waals surface area (Å²) in [6.45, 7) is 0.574. The highest BCUT2D eigenvalue weighted by atomic mass is 16.5. The highest BCUT2D eigenvalue weighted by Crippen LogP contribution is 2.26. The summed E-state index contributed by atoms with van der Waals surface area (Å²) in [4.78, 5) is 14.2. The Kier molecular flexibility index (Phi) is 5.62. The third-order valence-corrected chi connectivity index (χ3v) is 4.43. The van der Waals surface area contributed by atoms with Gasteiger partial charge in [0.05, 0.1) is 7.11 Å². The van der Waals surface area contributed by atoms with Crippen LogP contribution in [0.3, 0.4) is 0 Å². The van der Waals surface area contributed by atoms with Crippen LogP contribution in [0.1, 0.15) is 37.7 Å². The smallest absolute Gasteiger partial charge is 0.222 e. The van der Waals surface area contributed by atoms with Crippen molar-refractivity contribution in [3.63, 3.8) is 0 Å². The summed E-state index contributed by atoms with van der Waals surface area (Å²) < 4.78 is 5.34. The molecule has 1 aromatic carbocycles. The third kappa shape index (κ3) is 4.21. The van der Waals surface area contributed by atoms with Crippen molar-refractivity contribution in [1.29, 1.82) is 0 Å². The Balaban J connectivity index is 1.93. The molecule has 0 aromatic heterocycles. The fourth-order valence-corrected chi connectivity index (χ4v) is 3.05. The Morgan fingerprint density at radius 1 is 1.33 bits per heavy atom. The average Bonchev–Trinajstić information content (AvgIpc) is 2.50. The number of hydrogen-bond acceptors (Lipinski definition) is 3. The van der Waals surface area contributed by atoms with Gasteiger partial charge in [-0.15, -0.1) is 0 Å². The maximum Gasteiger partial charge on any atom is 0.222 e. The number of amides is 1. The predicted octanol–water partition coefficient (Wildman–Crippen LogP) is 2.56. The SMILES string of the molecule is COc1ccccc1CN(C)C(=O)CC1CCCCC1N. The summed E-state index contributed by atoms with van der Waals surface area (Å²) in [5.74, 6) is 1.33. The second-order valence-corrected chi connectivity index (χ2v) is 5.97. The van der Waals surface area contributed by atoms with Crippen molar-refractivity contribution in [2.24, 2.45) is 11.7 Å². The van der Waals surface area contributed by atoms with E-state index in [1.165, 1.54) is 12.8 Å². The van der Waals surface area contributed by atoms with Gasteiger partial charge in [-0.3, -0.25) is 4.79 Å². The molecular formula is C17H26N2O2. The molecule has 1 amide bonds. The molecule has 0 spiro atoms. The molecule has 2 N–H and O–H groups in total. The number of rotatable bonds is 5. The molecular weight excluding hydrogens is 264 g/mol. The first-order valence-electron chi connectivity index (χ1n) is 7.73. The van der Waals surface area contributed by atoms with Crippen molar-refractivity contribution in [3.05, 3.63) is 29.8 Å². The molecule has 1 aliphatic rings. The zero-order valence-electron chi connectivity index (χ0n) is 13.0. The van der Waals surface area contributed by atoms with Crippen molar-refractivity contribution in [3.8, 4) is 5.75 Å². The zero-order chi connectivity index (χ0) is 15.2. The number of ether oxygens (including phenoxy) is 1. The van der Waals surface area contributed by atoms with E-state index in [0.29, 0.717) is 18.9 Å². The van der Waals surface area contributed by atoms with Crippen molar-refractivity contribution in [1.82, 2.24) is 4.90 Å². The molecule has 0 bridgehead atoms. The maximum atomic E-state index is 12.4. The van der Waals surface area contributed by atoms with Gasteiger partial charge in [-0.1, -0.05) is 31.0 Å². The molecule has 1 aliphatic carbocycles. The van der Waals surface area contributed by atoms with Crippen molar-refractivity contribution in [2.45, 2.75) is 44.7 Å². The van der Waals surface area contributed by atoms with Gasteiger partial charge in [0.15, 0.2) is 0 Å². The third-order valence-electron chi connectivity index (χ3n) is 4.43. The monoisotopic (exact) mass is 290 g/mol. The molecule has 1 saturated carbocycles. The highest BCUT2D eigenvalue weighted by molar-refractivity contribution is 5.76. The van der Waals surface area contributed by atoms with Crippen molar-refractivity contribution in [2.75, 3.05) is 14.2 Å². The standard InChI is InChI=1S/C17H26N2O2/c1-19(12-14-8-4-6-10-16(14)21-2)17(20)11-13-7-3-5-9-15(13)18/h4,6,8,10,13,15H,3,5,7,9,11-12,18H2,1-2H3. The molecule has 21 heavy (non-hydrogen) atoms. The summed E-state index contributed by atoms with van der Waals surface area (Å²) in [5, 5.41) is 0. The zero-order valence-corrected chi connectivity index (χ0v) is 13.0. The van der Waals surface area contributed by atoms with Crippen LogP contribution in [0.4, 0.5) is 0 Å². The number of benzene rings is 1. The Hall–Kier alpha value is -1.55. The van der Waals surface area contributed by atoms with Crippen molar-refractivity contribution < 1.29 is 9.53 Å². The molecule has 4 nitrogen and oxygen atoms in total. The summed E-state index contributed by atoms with van der Waals surface area (Å²) >= 11 is 0. The van der Waals surface area contributed by atoms with Gasteiger partial charge in [0, 0.05) is 31.6 Å². The van der Waals surface area contributed by atoms with Gasteiger partial charge in [0.25, 0.3) is 0 Å². The van der Waals surface area contributed by atoms with Crippen LogP contribution in [0.15, 0.2) is 24.3 Å². The lowest BCUT2D eigenvalue weighted by Crippen LogP contribution is -2.37. The minimum atomic E-state index is 0.170. The van der Waals surface area contributed by atoms with Crippen LogP contribution in [-0.2, 0) is 11.3 Å². The van der Waals surface area contributed by atoms with E-state index >= 15 is 0 Å². The number of nitrogens with zero attached hydrogens (tertiary/aromatic N) is 1. The van der Waals surface area contributed by atoms with Crippen LogP contribution < -0.4 is 10.5 Å². The minimum absolute atomic E-state index is 0.170. The molecule has 2 rings (SSSR count). The second-order valence-electron chi connectivity index (χ2n) is 5.97. The van der Waals surface area contributed by atoms with E-state index in [9.17, 15) is 4.79 Å². The normalized spacial score (nSPS) is 21.9. The van der Waals surface area contributed by atoms with E-state index in [2.05, 4.69) is 0 Å². The van der Waals surface area contributed by atoms with Crippen LogP contribution in [0.25, 0.3) is 0 Å². The van der Waals surface area contributed by atoms with Gasteiger partial charge < -0.3 is 15.4 Å². The molecule has 1 aromatic rings. The molecule has 0 saturated heterocycles. The molecule has 2 unspecified atom stereocenters. The van der Waals surface area contributed by atoms with E-state index in [1.54, 1.807) is 12.0 Å². The van der Waals surface area contributed by atoms with Gasteiger partial charge >= 0.3 is 0 Å². The summed E-state index contributed by atoms with van der Waals surface area (Å²) in [6.07, 6.45) is 5.08. The molecule has 0 heterocycles. The fourth-order valence-electron chi connectivity index (χ4n) is 3.05. The lowest BCUT2D eigenvalue weighted by molar-refractivity contribution is -0.131. The molecule has 2 atom stereocenters.